The van der Waals surface area contributed by atoms with Crippen LogP contribution in [0.4, 0.5) is 10.5 Å². The molecule has 0 bridgehead atoms. The van der Waals surface area contributed by atoms with Crippen LogP contribution in [0.5, 0.6) is 0 Å². The normalized spacial score (nSPS) is 17.4. The fourth-order valence-electron chi connectivity index (χ4n) is 2.70. The van der Waals surface area contributed by atoms with Crippen molar-refractivity contribution in [2.24, 2.45) is 5.73 Å². The predicted octanol–water partition coefficient (Wildman–Crippen LogP) is 2.18. The minimum atomic E-state index is -0.719. The average Bonchev–Trinajstić information content (AvgIpc) is 2.92. The van der Waals surface area contributed by atoms with Crippen LogP contribution >= 0.6 is 11.6 Å². The summed E-state index contributed by atoms with van der Waals surface area (Å²) in [7, 11) is 0. The second kappa shape index (κ2) is 8.51. The smallest absolute Gasteiger partial charge is 0.329 e. The van der Waals surface area contributed by atoms with Crippen molar-refractivity contribution in [3.63, 3.8) is 0 Å². The molecule has 0 saturated carbocycles. The third-order valence-electron chi connectivity index (χ3n) is 4.81. The van der Waals surface area contributed by atoms with Gasteiger partial charge >= 0.3 is 6.03 Å². The maximum Gasteiger partial charge on any atom is 0.329 e. The van der Waals surface area contributed by atoms with Gasteiger partial charge in [0.2, 0.25) is 5.91 Å². The number of rotatable bonds is 8. The number of amides is 4. The monoisotopic (exact) mass is 380 g/mol. The van der Waals surface area contributed by atoms with Crippen LogP contribution in [0.3, 0.4) is 0 Å². The molecule has 2 rings (SSSR count). The molecule has 1 aliphatic heterocycles. The van der Waals surface area contributed by atoms with Crippen LogP contribution in [0.25, 0.3) is 0 Å². The van der Waals surface area contributed by atoms with Gasteiger partial charge in [0.1, 0.15) is 6.04 Å². The molecule has 142 valence electrons. The molecule has 8 heteroatoms. The molecule has 1 heterocycles. The first-order valence-corrected chi connectivity index (χ1v) is 9.13. The summed E-state index contributed by atoms with van der Waals surface area (Å²) < 4.78 is 0. The molecule has 0 spiro atoms. The Hall–Kier alpha value is -2.12. The summed E-state index contributed by atoms with van der Waals surface area (Å²) in [6, 6.07) is 5.21. The Morgan fingerprint density at radius 3 is 2.46 bits per heavy atom. The quantitative estimate of drug-likeness (QED) is 0.601. The molecule has 1 unspecified atom stereocenters. The zero-order chi connectivity index (χ0) is 19.3. The van der Waals surface area contributed by atoms with Gasteiger partial charge in [-0.1, -0.05) is 25.4 Å². The molecular formula is C18H25ClN4O3. The molecule has 1 aromatic rings. The topological polar surface area (TPSA) is 105 Å². The van der Waals surface area contributed by atoms with Crippen molar-refractivity contribution in [2.45, 2.75) is 51.1 Å². The van der Waals surface area contributed by atoms with E-state index < -0.39 is 17.6 Å². The minimum absolute atomic E-state index is 0.134. The van der Waals surface area contributed by atoms with Crippen LogP contribution in [-0.4, -0.2) is 36.0 Å². The molecule has 0 aromatic heterocycles. The molecule has 0 aliphatic carbocycles. The molecule has 1 saturated heterocycles. The van der Waals surface area contributed by atoms with E-state index in [0.29, 0.717) is 17.3 Å². The van der Waals surface area contributed by atoms with Gasteiger partial charge in [0.25, 0.3) is 5.91 Å². The summed E-state index contributed by atoms with van der Waals surface area (Å²) in [5, 5.41) is 5.94. The van der Waals surface area contributed by atoms with E-state index in [0.717, 1.165) is 17.7 Å². The van der Waals surface area contributed by atoms with Crippen LogP contribution in [0, 0.1) is 0 Å². The number of anilines is 1. The number of nitrogens with zero attached hydrogens (tertiary/aromatic N) is 1. The third kappa shape index (κ3) is 4.74. The van der Waals surface area contributed by atoms with Crippen LogP contribution in [0.1, 0.15) is 39.5 Å². The predicted molar refractivity (Wildman–Crippen MR) is 101 cm³/mol. The Kier molecular flexibility index (Phi) is 6.61. The van der Waals surface area contributed by atoms with E-state index in [4.69, 9.17) is 17.3 Å². The molecular weight excluding hydrogens is 356 g/mol. The summed E-state index contributed by atoms with van der Waals surface area (Å²) in [5.41, 5.74) is 6.18. The summed E-state index contributed by atoms with van der Waals surface area (Å²) in [5.74, 6) is -0.561. The molecule has 4 N–H and O–H groups in total. The lowest BCUT2D eigenvalue weighted by atomic mass is 9.94. The molecule has 4 amide bonds. The number of carbonyl (C=O) groups excluding carboxylic acids is 3. The second-order valence-corrected chi connectivity index (χ2v) is 6.97. The number of nitrogens with two attached hydrogens (primary N) is 1. The Balaban J connectivity index is 1.89. The van der Waals surface area contributed by atoms with Crippen LogP contribution in [0.15, 0.2) is 24.3 Å². The van der Waals surface area contributed by atoms with Crippen LogP contribution in [-0.2, 0) is 9.59 Å². The third-order valence-corrected chi connectivity index (χ3v) is 5.06. The first-order valence-electron chi connectivity index (χ1n) is 8.75. The Labute approximate surface area is 158 Å². The van der Waals surface area contributed by atoms with E-state index in [1.54, 1.807) is 24.3 Å². The number of halogens is 1. The van der Waals surface area contributed by atoms with Gasteiger partial charge in [-0.2, -0.15) is 0 Å². The zero-order valence-corrected chi connectivity index (χ0v) is 15.8. The molecule has 1 aromatic carbocycles. The molecule has 0 radical (unpaired) electrons. The lowest BCUT2D eigenvalue weighted by Crippen LogP contribution is -2.49. The molecule has 7 nitrogen and oxygen atoms in total. The van der Waals surface area contributed by atoms with E-state index in [-0.39, 0.29) is 24.7 Å². The summed E-state index contributed by atoms with van der Waals surface area (Å²) >= 11 is 5.83. The highest BCUT2D eigenvalue weighted by Gasteiger charge is 2.38. The first-order chi connectivity index (χ1) is 12.3. The van der Waals surface area contributed by atoms with Gasteiger partial charge in [0, 0.05) is 23.5 Å². The number of carbonyl (C=O) groups is 3. The van der Waals surface area contributed by atoms with Gasteiger partial charge in [-0.3, -0.25) is 9.59 Å². The number of hydrogen-bond donors (Lipinski definition) is 3. The van der Waals surface area contributed by atoms with Gasteiger partial charge in [-0.25, -0.2) is 9.69 Å². The Bertz CT molecular complexity index is 674. The van der Waals surface area contributed by atoms with E-state index >= 15 is 0 Å². The van der Waals surface area contributed by atoms with E-state index in [1.165, 1.54) is 0 Å². The van der Waals surface area contributed by atoms with Gasteiger partial charge in [-0.05, 0) is 43.5 Å². The number of imide groups is 1. The van der Waals surface area contributed by atoms with Crippen molar-refractivity contribution in [3.05, 3.63) is 29.3 Å². The van der Waals surface area contributed by atoms with Crippen LogP contribution in [0.2, 0.25) is 5.02 Å². The van der Waals surface area contributed by atoms with Crippen molar-refractivity contribution in [2.75, 3.05) is 11.4 Å². The van der Waals surface area contributed by atoms with Crippen molar-refractivity contribution < 1.29 is 14.4 Å². The minimum Gasteiger partial charge on any atom is -0.354 e. The molecule has 1 fully saturated rings. The number of benzene rings is 1. The van der Waals surface area contributed by atoms with Crippen molar-refractivity contribution in [1.29, 1.82) is 0 Å². The highest BCUT2D eigenvalue weighted by atomic mass is 35.5. The average molecular weight is 381 g/mol. The van der Waals surface area contributed by atoms with E-state index in [2.05, 4.69) is 10.6 Å². The maximum atomic E-state index is 12.5. The lowest BCUT2D eigenvalue weighted by molar-refractivity contribution is -0.122. The molecule has 1 aliphatic rings. The van der Waals surface area contributed by atoms with Gasteiger partial charge < -0.3 is 16.4 Å². The lowest BCUT2D eigenvalue weighted by Gasteiger charge is -2.26. The highest BCUT2D eigenvalue weighted by Crippen LogP contribution is 2.23. The van der Waals surface area contributed by atoms with Crippen molar-refractivity contribution >= 4 is 35.1 Å². The van der Waals surface area contributed by atoms with Crippen molar-refractivity contribution in [1.82, 2.24) is 10.6 Å². The highest BCUT2D eigenvalue weighted by molar-refractivity contribution is 6.30. The van der Waals surface area contributed by atoms with E-state index in [9.17, 15) is 14.4 Å². The van der Waals surface area contributed by atoms with Gasteiger partial charge in [0.05, 0.1) is 5.69 Å². The Morgan fingerprint density at radius 1 is 1.27 bits per heavy atom. The standard InChI is InChI=1S/C18H25ClN4O3/c1-3-18(20,4-2)11-21-15(24)10-9-14-16(25)23(17(26)22-14)13-7-5-12(19)6-8-13/h5-8,14H,3-4,9-11,20H2,1-2H3,(H,21,24)(H,22,26). The van der Waals surface area contributed by atoms with Crippen molar-refractivity contribution in [3.8, 4) is 0 Å². The summed E-state index contributed by atoms with van der Waals surface area (Å²) in [6.07, 6.45) is 1.89. The fraction of sp³-hybridized carbons (Fsp3) is 0.500. The second-order valence-electron chi connectivity index (χ2n) is 6.54. The maximum absolute atomic E-state index is 12.5. The molecule has 26 heavy (non-hydrogen) atoms. The van der Waals surface area contributed by atoms with Crippen LogP contribution < -0.4 is 21.3 Å². The number of hydrogen-bond acceptors (Lipinski definition) is 4. The van der Waals surface area contributed by atoms with E-state index in [1.807, 2.05) is 13.8 Å². The molecule has 1 atom stereocenters. The van der Waals surface area contributed by atoms with Gasteiger partial charge in [0.15, 0.2) is 0 Å². The SMILES string of the molecule is CCC(N)(CC)CNC(=O)CCC1NC(=O)N(c2ccc(Cl)cc2)C1=O. The fourth-order valence-corrected chi connectivity index (χ4v) is 2.83. The number of urea groups is 1. The number of nitrogens with one attached hydrogen (secondary N) is 2. The largest absolute Gasteiger partial charge is 0.354 e. The van der Waals surface area contributed by atoms with Gasteiger partial charge in [-0.15, -0.1) is 0 Å². The zero-order valence-electron chi connectivity index (χ0n) is 15.0. The first kappa shape index (κ1) is 20.2. The Morgan fingerprint density at radius 2 is 1.88 bits per heavy atom. The summed E-state index contributed by atoms with van der Waals surface area (Å²) in [6.45, 7) is 4.35. The summed E-state index contributed by atoms with van der Waals surface area (Å²) in [4.78, 5) is 37.7.